The summed E-state index contributed by atoms with van der Waals surface area (Å²) in [6.45, 7) is 0. The van der Waals surface area contributed by atoms with E-state index in [-0.39, 0.29) is 15.9 Å². The average Bonchev–Trinajstić information content (AvgIpc) is 2.55. The fourth-order valence-electron chi connectivity index (χ4n) is 1.36. The molecule has 16 heavy (non-hydrogen) atoms. The molecule has 1 N–H and O–H groups in total. The van der Waals surface area contributed by atoms with Crippen molar-refractivity contribution >= 4 is 29.2 Å². The van der Waals surface area contributed by atoms with E-state index in [0.717, 1.165) is 0 Å². The Bertz CT molecular complexity index is 537. The number of carboxylic acids is 1. The Hall–Kier alpha value is -1.52. The van der Waals surface area contributed by atoms with E-state index >= 15 is 0 Å². The minimum Gasteiger partial charge on any atom is -0.477 e. The van der Waals surface area contributed by atoms with E-state index in [2.05, 4.69) is 4.98 Å². The predicted octanol–water partition coefficient (Wildman–Crippen LogP) is 2.88. The zero-order valence-corrected chi connectivity index (χ0v) is 9.40. The van der Waals surface area contributed by atoms with Gasteiger partial charge in [-0.3, -0.25) is 4.57 Å². The number of carboxylic acid groups (broad SMARTS) is 1. The molecule has 0 aromatic carbocycles. The Morgan fingerprint density at radius 3 is 2.69 bits per heavy atom. The molecule has 0 aliphatic carbocycles. The van der Waals surface area contributed by atoms with E-state index in [9.17, 15) is 4.79 Å². The Morgan fingerprint density at radius 2 is 2.12 bits per heavy atom. The maximum atomic E-state index is 11.0. The summed E-state index contributed by atoms with van der Waals surface area (Å²) < 4.78 is 1.28. The third kappa shape index (κ3) is 1.77. The number of aromatic nitrogens is 2. The smallest absolute Gasteiger partial charge is 0.354 e. The number of hydrogen-bond acceptors (Lipinski definition) is 2. The molecular weight excluding hydrogens is 251 g/mol. The summed E-state index contributed by atoms with van der Waals surface area (Å²) in [7, 11) is 0. The van der Waals surface area contributed by atoms with Gasteiger partial charge in [-0.1, -0.05) is 29.3 Å². The zero-order valence-electron chi connectivity index (χ0n) is 7.89. The van der Waals surface area contributed by atoms with Gasteiger partial charge in [0, 0.05) is 6.20 Å². The maximum Gasteiger partial charge on any atom is 0.354 e. The van der Waals surface area contributed by atoms with Crippen LogP contribution in [-0.4, -0.2) is 20.6 Å². The molecule has 2 aromatic heterocycles. The van der Waals surface area contributed by atoms with Crippen LogP contribution in [0.25, 0.3) is 5.82 Å². The summed E-state index contributed by atoms with van der Waals surface area (Å²) in [6, 6.07) is 6.48. The monoisotopic (exact) mass is 256 g/mol. The zero-order chi connectivity index (χ0) is 11.7. The summed E-state index contributed by atoms with van der Waals surface area (Å²) in [5.74, 6) is -0.737. The van der Waals surface area contributed by atoms with Gasteiger partial charge < -0.3 is 5.11 Å². The fourth-order valence-corrected chi connectivity index (χ4v) is 1.96. The minimum atomic E-state index is -1.15. The summed E-state index contributed by atoms with van der Waals surface area (Å²) in [5, 5.41) is 9.33. The normalized spacial score (nSPS) is 10.4. The van der Waals surface area contributed by atoms with Crippen molar-refractivity contribution < 1.29 is 9.90 Å². The molecule has 2 aromatic rings. The number of halogens is 2. The molecule has 0 aliphatic heterocycles. The number of hydrogen-bond donors (Lipinski definition) is 1. The molecule has 0 fully saturated rings. The lowest BCUT2D eigenvalue weighted by atomic mass is 10.4. The molecule has 2 heterocycles. The maximum absolute atomic E-state index is 11.0. The van der Waals surface area contributed by atoms with E-state index in [1.165, 1.54) is 10.6 Å². The Balaban J connectivity index is 2.69. The van der Waals surface area contributed by atoms with Crippen LogP contribution in [0.1, 0.15) is 10.5 Å². The second-order valence-corrected chi connectivity index (χ2v) is 3.79. The lowest BCUT2D eigenvalue weighted by Crippen LogP contribution is -2.08. The van der Waals surface area contributed by atoms with Crippen molar-refractivity contribution in [3.05, 3.63) is 46.3 Å². The fraction of sp³-hybridized carbons (Fsp3) is 0. The molecule has 0 spiro atoms. The van der Waals surface area contributed by atoms with Gasteiger partial charge in [-0.05, 0) is 18.2 Å². The van der Waals surface area contributed by atoms with Crippen LogP contribution in [0.15, 0.2) is 30.5 Å². The van der Waals surface area contributed by atoms with Crippen LogP contribution in [-0.2, 0) is 0 Å². The van der Waals surface area contributed by atoms with Gasteiger partial charge in [0.25, 0.3) is 0 Å². The lowest BCUT2D eigenvalue weighted by Gasteiger charge is -2.06. The van der Waals surface area contributed by atoms with Gasteiger partial charge in [-0.2, -0.15) is 0 Å². The molecule has 0 unspecified atom stereocenters. The highest BCUT2D eigenvalue weighted by molar-refractivity contribution is 6.37. The Kier molecular flexibility index (Phi) is 2.85. The quantitative estimate of drug-likeness (QED) is 0.899. The second kappa shape index (κ2) is 4.15. The van der Waals surface area contributed by atoms with Crippen LogP contribution >= 0.6 is 23.2 Å². The van der Waals surface area contributed by atoms with Crippen molar-refractivity contribution in [1.29, 1.82) is 0 Å². The Labute approximate surface area is 101 Å². The van der Waals surface area contributed by atoms with Gasteiger partial charge in [0.15, 0.2) is 5.69 Å². The van der Waals surface area contributed by atoms with Gasteiger partial charge in [0.2, 0.25) is 0 Å². The standard InChI is InChI=1S/C10H6Cl2N2O2/c11-6-5-7(12)14(9(6)10(15)16)8-3-1-2-4-13-8/h1-5H,(H,15,16). The first-order chi connectivity index (χ1) is 7.61. The SMILES string of the molecule is O=C(O)c1c(Cl)cc(Cl)n1-c1ccccn1. The highest BCUT2D eigenvalue weighted by Crippen LogP contribution is 2.27. The number of carbonyl (C=O) groups is 1. The largest absolute Gasteiger partial charge is 0.477 e. The van der Waals surface area contributed by atoms with E-state index in [1.54, 1.807) is 24.4 Å². The first-order valence-electron chi connectivity index (χ1n) is 4.32. The summed E-state index contributed by atoms with van der Waals surface area (Å²) >= 11 is 11.7. The molecular formula is C10H6Cl2N2O2. The van der Waals surface area contributed by atoms with Crippen LogP contribution in [0, 0.1) is 0 Å². The summed E-state index contributed by atoms with van der Waals surface area (Å²) in [5.41, 5.74) is -0.0923. The van der Waals surface area contributed by atoms with Gasteiger partial charge in [0.05, 0.1) is 5.02 Å². The van der Waals surface area contributed by atoms with E-state index < -0.39 is 5.97 Å². The van der Waals surface area contributed by atoms with Crippen molar-refractivity contribution in [2.75, 3.05) is 0 Å². The van der Waals surface area contributed by atoms with Crippen molar-refractivity contribution in [2.24, 2.45) is 0 Å². The average molecular weight is 257 g/mol. The number of aromatic carboxylic acids is 1. The van der Waals surface area contributed by atoms with Crippen molar-refractivity contribution in [2.45, 2.75) is 0 Å². The summed E-state index contributed by atoms with van der Waals surface area (Å²) in [6.07, 6.45) is 1.55. The number of rotatable bonds is 2. The molecule has 82 valence electrons. The first kappa shape index (κ1) is 11.0. The topological polar surface area (TPSA) is 55.1 Å². The third-order valence-corrected chi connectivity index (χ3v) is 2.56. The van der Waals surface area contributed by atoms with Gasteiger partial charge in [-0.25, -0.2) is 9.78 Å². The first-order valence-corrected chi connectivity index (χ1v) is 5.08. The molecule has 0 bridgehead atoms. The van der Waals surface area contributed by atoms with Gasteiger partial charge in [-0.15, -0.1) is 0 Å². The molecule has 2 rings (SSSR count). The molecule has 6 heteroatoms. The number of nitrogens with zero attached hydrogens (tertiary/aromatic N) is 2. The van der Waals surface area contributed by atoms with Crippen molar-refractivity contribution in [3.63, 3.8) is 0 Å². The van der Waals surface area contributed by atoms with Crippen LogP contribution < -0.4 is 0 Å². The molecule has 0 saturated heterocycles. The molecule has 0 saturated carbocycles. The minimum absolute atomic E-state index is 0.0863. The number of pyridine rings is 1. The van der Waals surface area contributed by atoms with Crippen LogP contribution in [0.3, 0.4) is 0 Å². The summed E-state index contributed by atoms with van der Waals surface area (Å²) in [4.78, 5) is 15.1. The van der Waals surface area contributed by atoms with E-state index in [0.29, 0.717) is 5.82 Å². The van der Waals surface area contributed by atoms with Crippen molar-refractivity contribution in [3.8, 4) is 5.82 Å². The molecule has 0 amide bonds. The van der Waals surface area contributed by atoms with Crippen LogP contribution in [0.2, 0.25) is 10.2 Å². The molecule has 4 nitrogen and oxygen atoms in total. The van der Waals surface area contributed by atoms with Crippen LogP contribution in [0.4, 0.5) is 0 Å². The van der Waals surface area contributed by atoms with E-state index in [4.69, 9.17) is 28.3 Å². The second-order valence-electron chi connectivity index (χ2n) is 2.99. The molecule has 0 radical (unpaired) electrons. The van der Waals surface area contributed by atoms with E-state index in [1.807, 2.05) is 0 Å². The highest BCUT2D eigenvalue weighted by atomic mass is 35.5. The van der Waals surface area contributed by atoms with Gasteiger partial charge >= 0.3 is 5.97 Å². The van der Waals surface area contributed by atoms with Crippen molar-refractivity contribution in [1.82, 2.24) is 9.55 Å². The molecule has 0 atom stereocenters. The highest BCUT2D eigenvalue weighted by Gasteiger charge is 2.20. The Morgan fingerprint density at radius 1 is 1.38 bits per heavy atom. The third-order valence-electron chi connectivity index (χ3n) is 1.99. The van der Waals surface area contributed by atoms with Gasteiger partial charge in [0.1, 0.15) is 11.0 Å². The lowest BCUT2D eigenvalue weighted by molar-refractivity contribution is 0.0688. The molecule has 0 aliphatic rings. The van der Waals surface area contributed by atoms with Crippen LogP contribution in [0.5, 0.6) is 0 Å². The predicted molar refractivity (Wildman–Crippen MR) is 60.5 cm³/mol.